The Hall–Kier alpha value is -2.09. The molecule has 0 heterocycles. The summed E-state index contributed by atoms with van der Waals surface area (Å²) in [5.74, 6) is 3.82. The van der Waals surface area contributed by atoms with Crippen LogP contribution in [0.2, 0.25) is 0 Å². The van der Waals surface area contributed by atoms with Gasteiger partial charge < -0.3 is 4.74 Å². The van der Waals surface area contributed by atoms with Crippen molar-refractivity contribution < 1.29 is 9.53 Å². The topological polar surface area (TPSA) is 26.3 Å². The number of carbonyl (C=O) groups is 1. The second-order valence-electron chi connectivity index (χ2n) is 10.3. The zero-order valence-corrected chi connectivity index (χ0v) is 16.8. The third kappa shape index (κ3) is 2.21. The summed E-state index contributed by atoms with van der Waals surface area (Å²) in [6, 6.07) is 17.5. The lowest BCUT2D eigenvalue weighted by molar-refractivity contribution is -0.159. The lowest BCUT2D eigenvalue weighted by Gasteiger charge is -2.45. The summed E-state index contributed by atoms with van der Waals surface area (Å²) >= 11 is 0. The molecule has 6 unspecified atom stereocenters. The van der Waals surface area contributed by atoms with E-state index in [4.69, 9.17) is 4.74 Å². The van der Waals surface area contributed by atoms with Gasteiger partial charge in [-0.3, -0.25) is 4.79 Å². The van der Waals surface area contributed by atoms with Crippen LogP contribution in [0.25, 0.3) is 0 Å². The van der Waals surface area contributed by atoms with Crippen molar-refractivity contribution in [1.29, 1.82) is 0 Å². The molecular formula is C27H28O2. The van der Waals surface area contributed by atoms with Crippen molar-refractivity contribution in [3.05, 3.63) is 70.8 Å². The minimum Gasteiger partial charge on any atom is -0.462 e. The average molecular weight is 385 g/mol. The number of carbonyl (C=O) groups excluding carboxylic acids is 1. The minimum absolute atomic E-state index is 0.0247. The summed E-state index contributed by atoms with van der Waals surface area (Å²) in [6.07, 6.45) is 7.73. The lowest BCUT2D eigenvalue weighted by Crippen LogP contribution is -2.40. The number of ether oxygens (including phenoxy) is 1. The van der Waals surface area contributed by atoms with E-state index in [1.807, 2.05) is 0 Å². The molecule has 2 aromatic rings. The van der Waals surface area contributed by atoms with Crippen molar-refractivity contribution in [3.8, 4) is 0 Å². The van der Waals surface area contributed by atoms with Crippen LogP contribution in [-0.4, -0.2) is 12.1 Å². The van der Waals surface area contributed by atoms with Crippen molar-refractivity contribution in [2.24, 2.45) is 29.6 Å². The summed E-state index contributed by atoms with van der Waals surface area (Å²) in [7, 11) is 0. The van der Waals surface area contributed by atoms with Crippen molar-refractivity contribution in [3.63, 3.8) is 0 Å². The van der Waals surface area contributed by atoms with Crippen LogP contribution in [0.5, 0.6) is 0 Å². The monoisotopic (exact) mass is 384 g/mol. The van der Waals surface area contributed by atoms with E-state index in [0.717, 1.165) is 30.6 Å². The maximum absolute atomic E-state index is 13.5. The van der Waals surface area contributed by atoms with Gasteiger partial charge in [0.1, 0.15) is 6.10 Å². The number of esters is 1. The molecule has 0 aromatic heterocycles. The van der Waals surface area contributed by atoms with Gasteiger partial charge in [0.25, 0.3) is 0 Å². The molecule has 6 aliphatic rings. The highest BCUT2D eigenvalue weighted by atomic mass is 16.5. The first kappa shape index (κ1) is 16.7. The van der Waals surface area contributed by atoms with Crippen LogP contribution < -0.4 is 0 Å². The highest BCUT2D eigenvalue weighted by molar-refractivity contribution is 5.78. The first-order chi connectivity index (χ1) is 14.3. The maximum atomic E-state index is 13.5. The molecule has 0 amide bonds. The molecule has 2 heteroatoms. The average Bonchev–Trinajstić information content (AvgIpc) is 3.47. The van der Waals surface area contributed by atoms with Gasteiger partial charge in [-0.05, 0) is 78.0 Å². The van der Waals surface area contributed by atoms with E-state index in [1.54, 1.807) is 0 Å². The number of benzene rings is 2. The van der Waals surface area contributed by atoms with Crippen LogP contribution in [0.1, 0.15) is 72.6 Å². The van der Waals surface area contributed by atoms with E-state index in [2.05, 4.69) is 48.5 Å². The summed E-state index contributed by atoms with van der Waals surface area (Å²) in [6.45, 7) is 0. The lowest BCUT2D eigenvalue weighted by atomic mass is 9.59. The van der Waals surface area contributed by atoms with E-state index >= 15 is 0 Å². The molecule has 0 N–H and O–H groups in total. The second kappa shape index (κ2) is 5.97. The van der Waals surface area contributed by atoms with Crippen molar-refractivity contribution in [1.82, 2.24) is 0 Å². The first-order valence-corrected chi connectivity index (χ1v) is 11.7. The SMILES string of the molecule is O=C(OC1CC2CC1C1CCCC21)C1CC2c3ccccc3C1c1ccccc12. The largest absolute Gasteiger partial charge is 0.462 e. The molecule has 2 nitrogen and oxygen atoms in total. The Kier molecular flexibility index (Phi) is 3.43. The molecule has 3 fully saturated rings. The highest BCUT2D eigenvalue weighted by Gasteiger charge is 2.56. The van der Waals surface area contributed by atoms with E-state index in [-0.39, 0.29) is 23.9 Å². The van der Waals surface area contributed by atoms with Gasteiger partial charge in [0, 0.05) is 11.8 Å². The highest BCUT2D eigenvalue weighted by Crippen LogP contribution is 2.60. The molecule has 8 rings (SSSR count). The molecule has 4 bridgehead atoms. The van der Waals surface area contributed by atoms with Gasteiger partial charge in [0.2, 0.25) is 0 Å². The van der Waals surface area contributed by atoms with Gasteiger partial charge in [-0.2, -0.15) is 0 Å². The molecule has 3 saturated carbocycles. The fraction of sp³-hybridized carbons (Fsp3) is 0.519. The molecule has 0 aliphatic heterocycles. The molecule has 29 heavy (non-hydrogen) atoms. The van der Waals surface area contributed by atoms with Gasteiger partial charge in [-0.1, -0.05) is 55.0 Å². The van der Waals surface area contributed by atoms with Crippen LogP contribution in [-0.2, 0) is 9.53 Å². The van der Waals surface area contributed by atoms with Crippen LogP contribution in [0.4, 0.5) is 0 Å². The smallest absolute Gasteiger partial charge is 0.310 e. The Morgan fingerprint density at radius 2 is 1.41 bits per heavy atom. The molecular weight excluding hydrogens is 356 g/mol. The Labute approximate surface area is 172 Å². The van der Waals surface area contributed by atoms with Gasteiger partial charge in [-0.15, -0.1) is 0 Å². The molecule has 6 atom stereocenters. The Balaban J connectivity index is 1.20. The quantitative estimate of drug-likeness (QED) is 0.625. The number of fused-ring (bicyclic) bond motifs is 6. The second-order valence-corrected chi connectivity index (χ2v) is 10.3. The molecule has 0 saturated heterocycles. The summed E-state index contributed by atoms with van der Waals surface area (Å²) in [5, 5.41) is 0. The fourth-order valence-electron chi connectivity index (χ4n) is 8.24. The van der Waals surface area contributed by atoms with E-state index in [0.29, 0.717) is 11.8 Å². The minimum atomic E-state index is -0.0247. The predicted molar refractivity (Wildman–Crippen MR) is 112 cm³/mol. The number of hydrogen-bond acceptors (Lipinski definition) is 2. The van der Waals surface area contributed by atoms with Crippen LogP contribution in [0, 0.1) is 29.6 Å². The molecule has 6 aliphatic carbocycles. The Morgan fingerprint density at radius 3 is 2.14 bits per heavy atom. The van der Waals surface area contributed by atoms with E-state index < -0.39 is 0 Å². The zero-order chi connectivity index (χ0) is 19.1. The summed E-state index contributed by atoms with van der Waals surface area (Å²) < 4.78 is 6.34. The van der Waals surface area contributed by atoms with Crippen LogP contribution in [0.3, 0.4) is 0 Å². The van der Waals surface area contributed by atoms with E-state index in [9.17, 15) is 4.79 Å². The Bertz CT molecular complexity index is 946. The number of hydrogen-bond donors (Lipinski definition) is 0. The normalized spacial score (nSPS) is 40.4. The molecule has 0 spiro atoms. The van der Waals surface area contributed by atoms with Gasteiger partial charge in [-0.25, -0.2) is 0 Å². The standard InChI is InChI=1S/C27H28O2/c28-27(29-25-13-15-12-23(25)17-11-5-10-16(15)17)24-14-22-18-6-1-3-8-20(18)26(24)21-9-4-2-7-19(21)22/h1-4,6-9,15-17,22-26H,5,10-14H2. The van der Waals surface area contributed by atoms with Crippen molar-refractivity contribution >= 4 is 5.97 Å². The maximum Gasteiger partial charge on any atom is 0.310 e. The van der Waals surface area contributed by atoms with Gasteiger partial charge in [0.05, 0.1) is 5.92 Å². The number of rotatable bonds is 2. The van der Waals surface area contributed by atoms with Gasteiger partial charge in [0.15, 0.2) is 0 Å². The Morgan fingerprint density at radius 1 is 0.759 bits per heavy atom. The third-order valence-corrected chi connectivity index (χ3v) is 9.24. The van der Waals surface area contributed by atoms with Crippen LogP contribution in [0.15, 0.2) is 48.5 Å². The summed E-state index contributed by atoms with van der Waals surface area (Å²) in [5.41, 5.74) is 5.56. The fourth-order valence-corrected chi connectivity index (χ4v) is 8.24. The van der Waals surface area contributed by atoms with Crippen LogP contribution >= 0.6 is 0 Å². The zero-order valence-electron chi connectivity index (χ0n) is 16.8. The van der Waals surface area contributed by atoms with Gasteiger partial charge >= 0.3 is 5.97 Å². The molecule has 2 aromatic carbocycles. The van der Waals surface area contributed by atoms with E-state index in [1.165, 1.54) is 47.9 Å². The van der Waals surface area contributed by atoms with Crippen molar-refractivity contribution in [2.45, 2.75) is 56.5 Å². The molecule has 0 radical (unpaired) electrons. The first-order valence-electron chi connectivity index (χ1n) is 11.7. The third-order valence-electron chi connectivity index (χ3n) is 9.24. The molecule has 148 valence electrons. The summed E-state index contributed by atoms with van der Waals surface area (Å²) in [4.78, 5) is 13.5. The van der Waals surface area contributed by atoms with Crippen molar-refractivity contribution in [2.75, 3.05) is 0 Å². The predicted octanol–water partition coefficient (Wildman–Crippen LogP) is 5.65.